The van der Waals surface area contributed by atoms with Crippen LogP contribution < -0.4 is 0 Å². The third-order valence-corrected chi connectivity index (χ3v) is 5.29. The molecule has 0 bridgehead atoms. The number of aromatic nitrogens is 3. The zero-order chi connectivity index (χ0) is 20.0. The third-order valence-electron chi connectivity index (χ3n) is 5.29. The highest BCUT2D eigenvalue weighted by molar-refractivity contribution is 6.00. The summed E-state index contributed by atoms with van der Waals surface area (Å²) in [4.78, 5) is 16.0. The van der Waals surface area contributed by atoms with Crippen molar-refractivity contribution in [2.24, 2.45) is 0 Å². The van der Waals surface area contributed by atoms with Gasteiger partial charge in [-0.3, -0.25) is 10.1 Å². The lowest BCUT2D eigenvalue weighted by Gasteiger charge is -2.16. The van der Waals surface area contributed by atoms with Gasteiger partial charge in [0, 0.05) is 23.3 Å². The van der Waals surface area contributed by atoms with Crippen LogP contribution in [-0.4, -0.2) is 19.7 Å². The van der Waals surface area contributed by atoms with Gasteiger partial charge in [0.15, 0.2) is 5.65 Å². The van der Waals surface area contributed by atoms with E-state index in [9.17, 15) is 10.1 Å². The van der Waals surface area contributed by atoms with Gasteiger partial charge in [-0.1, -0.05) is 42.5 Å². The largest absolute Gasteiger partial charge is 0.270 e. The SMILES string of the molecule is Cc1nn(-c2ccccc2)c2nc3c(c(-c4cccc([N+](=O)[O-])c4)c12)C=CCC3. The minimum atomic E-state index is -0.357. The number of pyridine rings is 1. The Morgan fingerprint density at radius 3 is 2.72 bits per heavy atom. The van der Waals surface area contributed by atoms with Crippen LogP contribution in [0.15, 0.2) is 60.7 Å². The first kappa shape index (κ1) is 17.3. The third kappa shape index (κ3) is 2.81. The molecule has 1 aliphatic rings. The molecule has 0 amide bonds. The van der Waals surface area contributed by atoms with Gasteiger partial charge in [0.1, 0.15) is 0 Å². The molecule has 0 atom stereocenters. The van der Waals surface area contributed by atoms with Crippen LogP contribution in [0.4, 0.5) is 5.69 Å². The predicted octanol–water partition coefficient (Wildman–Crippen LogP) is 5.26. The summed E-state index contributed by atoms with van der Waals surface area (Å²) < 4.78 is 1.87. The summed E-state index contributed by atoms with van der Waals surface area (Å²) in [5.74, 6) is 0. The number of hydrogen-bond acceptors (Lipinski definition) is 4. The van der Waals surface area contributed by atoms with Crippen LogP contribution >= 0.6 is 0 Å². The van der Waals surface area contributed by atoms with Crippen molar-refractivity contribution >= 4 is 22.8 Å². The molecule has 2 aromatic carbocycles. The van der Waals surface area contributed by atoms with Gasteiger partial charge in [-0.15, -0.1) is 0 Å². The summed E-state index contributed by atoms with van der Waals surface area (Å²) in [6.45, 7) is 1.96. The molecule has 4 aromatic rings. The Balaban J connectivity index is 1.88. The number of rotatable bonds is 3. The van der Waals surface area contributed by atoms with Gasteiger partial charge in [-0.2, -0.15) is 5.10 Å². The Labute approximate surface area is 167 Å². The summed E-state index contributed by atoms with van der Waals surface area (Å²) >= 11 is 0. The minimum absolute atomic E-state index is 0.0779. The van der Waals surface area contributed by atoms with E-state index in [0.717, 1.165) is 57.6 Å². The molecule has 2 heterocycles. The maximum Gasteiger partial charge on any atom is 0.270 e. The highest BCUT2D eigenvalue weighted by atomic mass is 16.6. The molecule has 0 unspecified atom stereocenters. The Morgan fingerprint density at radius 2 is 1.93 bits per heavy atom. The Bertz CT molecular complexity index is 1290. The lowest BCUT2D eigenvalue weighted by atomic mass is 9.91. The molecular formula is C23H18N4O2. The van der Waals surface area contributed by atoms with Crippen molar-refractivity contribution in [3.05, 3.63) is 87.7 Å². The number of nitro groups is 1. The van der Waals surface area contributed by atoms with Gasteiger partial charge in [-0.05, 0) is 37.5 Å². The molecule has 0 spiro atoms. The van der Waals surface area contributed by atoms with E-state index in [0.29, 0.717) is 0 Å². The zero-order valence-electron chi connectivity index (χ0n) is 15.9. The van der Waals surface area contributed by atoms with Gasteiger partial charge in [0.2, 0.25) is 0 Å². The first-order valence-electron chi connectivity index (χ1n) is 9.52. The maximum absolute atomic E-state index is 11.4. The highest BCUT2D eigenvalue weighted by Crippen LogP contribution is 2.39. The topological polar surface area (TPSA) is 73.8 Å². The quantitative estimate of drug-likeness (QED) is 0.358. The number of non-ortho nitro benzene ring substituents is 1. The number of fused-ring (bicyclic) bond motifs is 2. The number of para-hydroxylation sites is 1. The second-order valence-electron chi connectivity index (χ2n) is 7.13. The van der Waals surface area contributed by atoms with Gasteiger partial charge >= 0.3 is 0 Å². The molecule has 0 aliphatic heterocycles. The van der Waals surface area contributed by atoms with Crippen LogP contribution in [0.5, 0.6) is 0 Å². The first-order chi connectivity index (χ1) is 14.1. The highest BCUT2D eigenvalue weighted by Gasteiger charge is 2.23. The number of allylic oxidation sites excluding steroid dienone is 1. The fraction of sp³-hybridized carbons (Fsp3) is 0.130. The second-order valence-corrected chi connectivity index (χ2v) is 7.13. The molecule has 0 saturated heterocycles. The molecule has 0 N–H and O–H groups in total. The van der Waals surface area contributed by atoms with E-state index in [4.69, 9.17) is 10.1 Å². The van der Waals surface area contributed by atoms with Crippen molar-refractivity contribution in [1.29, 1.82) is 0 Å². The summed E-state index contributed by atoms with van der Waals surface area (Å²) in [5, 5.41) is 17.1. The van der Waals surface area contributed by atoms with Crippen LogP contribution in [0.2, 0.25) is 0 Å². The Kier molecular flexibility index (Phi) is 3.98. The second kappa shape index (κ2) is 6.67. The molecular weight excluding hydrogens is 364 g/mol. The van der Waals surface area contributed by atoms with Crippen LogP contribution in [0.1, 0.15) is 23.4 Å². The van der Waals surface area contributed by atoms with Crippen LogP contribution in [-0.2, 0) is 6.42 Å². The van der Waals surface area contributed by atoms with Crippen molar-refractivity contribution in [3.8, 4) is 16.8 Å². The molecule has 0 radical (unpaired) electrons. The summed E-state index contributed by atoms with van der Waals surface area (Å²) in [5.41, 5.74) is 6.44. The molecule has 0 fully saturated rings. The van der Waals surface area contributed by atoms with Crippen LogP contribution in [0.3, 0.4) is 0 Å². The predicted molar refractivity (Wildman–Crippen MR) is 113 cm³/mol. The summed E-state index contributed by atoms with van der Waals surface area (Å²) in [6.07, 6.45) is 5.98. The average molecular weight is 382 g/mol. The smallest absolute Gasteiger partial charge is 0.258 e. The van der Waals surface area contributed by atoms with Crippen molar-refractivity contribution in [1.82, 2.24) is 14.8 Å². The Morgan fingerprint density at radius 1 is 1.10 bits per heavy atom. The number of nitrogens with zero attached hydrogens (tertiary/aromatic N) is 4. The monoisotopic (exact) mass is 382 g/mol. The van der Waals surface area contributed by atoms with Crippen molar-refractivity contribution in [2.75, 3.05) is 0 Å². The molecule has 142 valence electrons. The number of aryl methyl sites for hydroxylation is 2. The van der Waals surface area contributed by atoms with Gasteiger partial charge in [-0.25, -0.2) is 9.67 Å². The van der Waals surface area contributed by atoms with Crippen molar-refractivity contribution < 1.29 is 4.92 Å². The Hall–Kier alpha value is -3.80. The lowest BCUT2D eigenvalue weighted by molar-refractivity contribution is -0.384. The summed E-state index contributed by atoms with van der Waals surface area (Å²) in [6, 6.07) is 16.7. The van der Waals surface area contributed by atoms with E-state index < -0.39 is 0 Å². The van der Waals surface area contributed by atoms with E-state index in [-0.39, 0.29) is 10.6 Å². The van der Waals surface area contributed by atoms with Gasteiger partial charge < -0.3 is 0 Å². The van der Waals surface area contributed by atoms with Gasteiger partial charge in [0.25, 0.3) is 5.69 Å². The molecule has 0 saturated carbocycles. The average Bonchev–Trinajstić information content (AvgIpc) is 3.09. The summed E-state index contributed by atoms with van der Waals surface area (Å²) in [7, 11) is 0. The minimum Gasteiger partial charge on any atom is -0.258 e. The van der Waals surface area contributed by atoms with E-state index in [2.05, 4.69) is 12.2 Å². The number of benzene rings is 2. The van der Waals surface area contributed by atoms with Crippen molar-refractivity contribution in [2.45, 2.75) is 19.8 Å². The van der Waals surface area contributed by atoms with E-state index in [1.165, 1.54) is 6.07 Å². The van der Waals surface area contributed by atoms with Crippen molar-refractivity contribution in [3.63, 3.8) is 0 Å². The molecule has 1 aliphatic carbocycles. The fourth-order valence-electron chi connectivity index (χ4n) is 3.99. The van der Waals surface area contributed by atoms with Gasteiger partial charge in [0.05, 0.1) is 27.4 Å². The van der Waals surface area contributed by atoms with E-state index in [1.807, 2.05) is 48.0 Å². The molecule has 2 aromatic heterocycles. The van der Waals surface area contributed by atoms with E-state index in [1.54, 1.807) is 12.1 Å². The normalized spacial score (nSPS) is 12.9. The molecule has 29 heavy (non-hydrogen) atoms. The number of hydrogen-bond donors (Lipinski definition) is 0. The standard InChI is InChI=1S/C23H18N4O2/c1-15-21-22(16-8-7-11-18(14-16)27(28)29)19-12-5-6-13-20(19)24-23(21)26(25-15)17-9-3-2-4-10-17/h2-5,7-12,14H,6,13H2,1H3. The molecule has 6 heteroatoms. The number of nitro benzene ring substituents is 1. The van der Waals surface area contributed by atoms with Crippen LogP contribution in [0, 0.1) is 17.0 Å². The molecule has 5 rings (SSSR count). The van der Waals surface area contributed by atoms with Crippen LogP contribution in [0.25, 0.3) is 33.9 Å². The lowest BCUT2D eigenvalue weighted by Crippen LogP contribution is -2.04. The zero-order valence-corrected chi connectivity index (χ0v) is 15.9. The fourth-order valence-corrected chi connectivity index (χ4v) is 3.99. The molecule has 6 nitrogen and oxygen atoms in total. The maximum atomic E-state index is 11.4. The first-order valence-corrected chi connectivity index (χ1v) is 9.52. The van der Waals surface area contributed by atoms with E-state index >= 15 is 0 Å².